The number of para-hydroxylation sites is 1. The van der Waals surface area contributed by atoms with Crippen LogP contribution in [0.2, 0.25) is 0 Å². The number of carbonyl (C=O) groups is 2. The highest BCUT2D eigenvalue weighted by Gasteiger charge is 2.39. The first kappa shape index (κ1) is 22.6. The third-order valence-corrected chi connectivity index (χ3v) is 4.78. The number of ketones is 1. The lowest BCUT2D eigenvalue weighted by Gasteiger charge is -2.16. The Morgan fingerprint density at radius 3 is 2.79 bits per heavy atom. The van der Waals surface area contributed by atoms with Gasteiger partial charge in [0.2, 0.25) is 0 Å². The van der Waals surface area contributed by atoms with Gasteiger partial charge in [0.25, 0.3) is 0 Å². The molecule has 0 radical (unpaired) electrons. The number of Topliss-reactive ketones (excluding diaryl/α,β-unsaturated/α-hetero) is 1. The van der Waals surface area contributed by atoms with Crippen LogP contribution < -0.4 is 4.74 Å². The lowest BCUT2D eigenvalue weighted by molar-refractivity contribution is -0.140. The van der Waals surface area contributed by atoms with Crippen molar-refractivity contribution in [1.29, 1.82) is 0 Å². The molecule has 1 aromatic carbocycles. The van der Waals surface area contributed by atoms with Gasteiger partial charge in [0.1, 0.15) is 24.2 Å². The number of carbonyl (C=O) groups excluding carboxylic acids is 2. The van der Waals surface area contributed by atoms with E-state index in [4.69, 9.17) is 4.74 Å². The molecule has 6 heteroatoms. The SMILES string of the molecule is COC(=O)CCC=C=CCC1C(=O)C[C@@H](O)[C@@H]1/C=C/[C@@H](O)COc1ccccc1. The summed E-state index contributed by atoms with van der Waals surface area (Å²) in [5.74, 6) is -0.336. The summed E-state index contributed by atoms with van der Waals surface area (Å²) in [5.41, 5.74) is 2.97. The van der Waals surface area contributed by atoms with E-state index < -0.39 is 12.2 Å². The zero-order valence-corrected chi connectivity index (χ0v) is 16.6. The van der Waals surface area contributed by atoms with Crippen LogP contribution in [0.3, 0.4) is 0 Å². The van der Waals surface area contributed by atoms with Gasteiger partial charge in [-0.1, -0.05) is 30.4 Å². The lowest BCUT2D eigenvalue weighted by Crippen LogP contribution is -2.20. The maximum atomic E-state index is 12.2. The molecule has 1 saturated carbocycles. The summed E-state index contributed by atoms with van der Waals surface area (Å²) in [6.07, 6.45) is 6.48. The first-order valence-electron chi connectivity index (χ1n) is 9.72. The van der Waals surface area contributed by atoms with Crippen LogP contribution in [0.5, 0.6) is 5.75 Å². The molecule has 2 rings (SSSR count). The van der Waals surface area contributed by atoms with Crippen molar-refractivity contribution in [2.45, 2.75) is 37.9 Å². The molecule has 0 aromatic heterocycles. The summed E-state index contributed by atoms with van der Waals surface area (Å²) in [4.78, 5) is 23.2. The molecule has 0 bridgehead atoms. The van der Waals surface area contributed by atoms with Crippen molar-refractivity contribution in [3.63, 3.8) is 0 Å². The predicted octanol–water partition coefficient (Wildman–Crippen LogP) is 2.60. The second-order valence-corrected chi connectivity index (χ2v) is 6.92. The maximum absolute atomic E-state index is 12.2. The third-order valence-electron chi connectivity index (χ3n) is 4.78. The highest BCUT2D eigenvalue weighted by Crippen LogP contribution is 2.33. The fourth-order valence-corrected chi connectivity index (χ4v) is 3.19. The molecular weight excluding hydrogens is 372 g/mol. The number of aliphatic hydroxyl groups excluding tert-OH is 2. The molecule has 0 spiro atoms. The van der Waals surface area contributed by atoms with E-state index >= 15 is 0 Å². The number of aliphatic hydroxyl groups is 2. The first-order valence-corrected chi connectivity index (χ1v) is 9.72. The predicted molar refractivity (Wildman–Crippen MR) is 108 cm³/mol. The van der Waals surface area contributed by atoms with Crippen LogP contribution in [0.25, 0.3) is 0 Å². The Kier molecular flexibility index (Phi) is 9.38. The largest absolute Gasteiger partial charge is 0.491 e. The molecule has 156 valence electrons. The van der Waals surface area contributed by atoms with Gasteiger partial charge in [-0.25, -0.2) is 0 Å². The van der Waals surface area contributed by atoms with E-state index in [1.807, 2.05) is 18.2 Å². The van der Waals surface area contributed by atoms with E-state index in [1.54, 1.807) is 36.4 Å². The van der Waals surface area contributed by atoms with Crippen LogP contribution in [0.4, 0.5) is 0 Å². The number of hydrogen-bond donors (Lipinski definition) is 2. The number of esters is 1. The van der Waals surface area contributed by atoms with Gasteiger partial charge >= 0.3 is 5.97 Å². The smallest absolute Gasteiger partial charge is 0.305 e. The average molecular weight is 400 g/mol. The van der Waals surface area contributed by atoms with Gasteiger partial charge in [-0.3, -0.25) is 9.59 Å². The molecule has 6 nitrogen and oxygen atoms in total. The van der Waals surface area contributed by atoms with Crippen molar-refractivity contribution in [1.82, 2.24) is 0 Å². The van der Waals surface area contributed by atoms with Crippen molar-refractivity contribution in [3.05, 3.63) is 60.4 Å². The molecule has 4 atom stereocenters. The van der Waals surface area contributed by atoms with E-state index in [2.05, 4.69) is 10.5 Å². The van der Waals surface area contributed by atoms with Gasteiger partial charge in [0.15, 0.2) is 0 Å². The fourth-order valence-electron chi connectivity index (χ4n) is 3.19. The molecule has 1 unspecified atom stereocenters. The van der Waals surface area contributed by atoms with Gasteiger partial charge in [-0.05, 0) is 37.1 Å². The Labute approximate surface area is 171 Å². The first-order chi connectivity index (χ1) is 14.0. The monoisotopic (exact) mass is 400 g/mol. The average Bonchev–Trinajstić information content (AvgIpc) is 3.00. The van der Waals surface area contributed by atoms with E-state index in [-0.39, 0.29) is 43.0 Å². The molecule has 0 aliphatic heterocycles. The van der Waals surface area contributed by atoms with E-state index in [0.29, 0.717) is 18.6 Å². The standard InChI is InChI=1S/C23H28O6/c1-28-23(27)12-8-3-2-7-11-19-20(22(26)15-21(19)25)14-13-17(24)16-29-18-9-5-4-6-10-18/h3-7,9-10,13-14,17,19-20,22,24,26H,8,11-12,15-16H2,1H3/b14-13+/t2?,17-,19?,20-,22-/m1/s1. The second kappa shape index (κ2) is 12.0. The van der Waals surface area contributed by atoms with Gasteiger partial charge in [-0.2, -0.15) is 0 Å². The minimum Gasteiger partial charge on any atom is -0.491 e. The van der Waals surface area contributed by atoms with Crippen LogP contribution >= 0.6 is 0 Å². The number of rotatable bonds is 10. The summed E-state index contributed by atoms with van der Waals surface area (Å²) < 4.78 is 10.1. The van der Waals surface area contributed by atoms with Gasteiger partial charge in [-0.15, -0.1) is 5.73 Å². The summed E-state index contributed by atoms with van der Waals surface area (Å²) in [6.45, 7) is 0.0881. The molecule has 1 fully saturated rings. The molecule has 29 heavy (non-hydrogen) atoms. The zero-order valence-electron chi connectivity index (χ0n) is 16.6. The van der Waals surface area contributed by atoms with Gasteiger partial charge < -0.3 is 19.7 Å². The minimum atomic E-state index is -0.840. The van der Waals surface area contributed by atoms with Crippen molar-refractivity contribution in [2.75, 3.05) is 13.7 Å². The highest BCUT2D eigenvalue weighted by molar-refractivity contribution is 5.84. The second-order valence-electron chi connectivity index (χ2n) is 6.92. The quantitative estimate of drug-likeness (QED) is 0.356. The molecule has 1 aliphatic rings. The van der Waals surface area contributed by atoms with Crippen molar-refractivity contribution < 1.29 is 29.3 Å². The topological polar surface area (TPSA) is 93.1 Å². The Hall–Kier alpha value is -2.66. The molecule has 0 amide bonds. The zero-order chi connectivity index (χ0) is 21.1. The lowest BCUT2D eigenvalue weighted by atomic mass is 9.90. The molecule has 0 saturated heterocycles. The number of ether oxygens (including phenoxy) is 2. The van der Waals surface area contributed by atoms with Crippen molar-refractivity contribution in [3.8, 4) is 5.75 Å². The van der Waals surface area contributed by atoms with E-state index in [9.17, 15) is 19.8 Å². The van der Waals surface area contributed by atoms with Crippen molar-refractivity contribution >= 4 is 11.8 Å². The Morgan fingerprint density at radius 2 is 2.07 bits per heavy atom. The molecule has 1 aromatic rings. The summed E-state index contributed by atoms with van der Waals surface area (Å²) in [7, 11) is 1.34. The Balaban J connectivity index is 1.86. The van der Waals surface area contributed by atoms with Crippen LogP contribution in [0.15, 0.2) is 60.4 Å². The Morgan fingerprint density at radius 1 is 1.31 bits per heavy atom. The summed E-state index contributed by atoms with van der Waals surface area (Å²) >= 11 is 0. The normalized spacial score (nSPS) is 22.2. The molecule has 0 heterocycles. The number of methoxy groups -OCH3 is 1. The molecule has 1 aliphatic carbocycles. The number of allylic oxidation sites excluding steroid dienone is 1. The van der Waals surface area contributed by atoms with Crippen LogP contribution in [-0.4, -0.2) is 47.9 Å². The van der Waals surface area contributed by atoms with Crippen LogP contribution in [0.1, 0.15) is 25.7 Å². The summed E-state index contributed by atoms with van der Waals surface area (Å²) in [6, 6.07) is 9.18. The van der Waals surface area contributed by atoms with Crippen molar-refractivity contribution in [2.24, 2.45) is 11.8 Å². The van der Waals surface area contributed by atoms with E-state index in [0.717, 1.165) is 0 Å². The number of hydrogen-bond acceptors (Lipinski definition) is 6. The van der Waals surface area contributed by atoms with Gasteiger partial charge in [0.05, 0.1) is 13.2 Å². The van der Waals surface area contributed by atoms with E-state index in [1.165, 1.54) is 7.11 Å². The van der Waals surface area contributed by atoms with Gasteiger partial charge in [0, 0.05) is 24.7 Å². The Bertz CT molecular complexity index is 748. The summed E-state index contributed by atoms with van der Waals surface area (Å²) in [5, 5.41) is 20.3. The van der Waals surface area contributed by atoms with Crippen LogP contribution in [-0.2, 0) is 14.3 Å². The molecular formula is C23H28O6. The number of benzene rings is 1. The molecule has 2 N–H and O–H groups in total. The fraction of sp³-hybridized carbons (Fsp3) is 0.435. The highest BCUT2D eigenvalue weighted by atomic mass is 16.5. The third kappa shape index (κ3) is 7.70. The van der Waals surface area contributed by atoms with Crippen LogP contribution in [0, 0.1) is 11.8 Å². The minimum absolute atomic E-state index is 0.00483. The maximum Gasteiger partial charge on any atom is 0.305 e.